The van der Waals surface area contributed by atoms with Gasteiger partial charge in [0.05, 0.1) is 0 Å². The average Bonchev–Trinajstić information content (AvgIpc) is 2.69. The summed E-state index contributed by atoms with van der Waals surface area (Å²) < 4.78 is 0. The fourth-order valence-corrected chi connectivity index (χ4v) is 3.78. The Bertz CT molecular complexity index is 830. The van der Waals surface area contributed by atoms with Crippen molar-refractivity contribution >= 4 is 11.8 Å². The maximum absolute atomic E-state index is 13.2. The van der Waals surface area contributed by atoms with E-state index in [0.29, 0.717) is 19.5 Å². The summed E-state index contributed by atoms with van der Waals surface area (Å²) in [7, 11) is 0. The second-order valence-electron chi connectivity index (χ2n) is 8.33. The monoisotopic (exact) mass is 378 g/mol. The first kappa shape index (κ1) is 20.1. The van der Waals surface area contributed by atoms with Gasteiger partial charge in [0.2, 0.25) is 11.8 Å². The number of carbonyl (C=O) groups is 2. The molecule has 2 aromatic carbocycles. The summed E-state index contributed by atoms with van der Waals surface area (Å²) in [6, 6.07) is 17.4. The highest BCUT2D eigenvalue weighted by Crippen LogP contribution is 2.27. The lowest BCUT2D eigenvalue weighted by Gasteiger charge is -2.35. The van der Waals surface area contributed by atoms with Gasteiger partial charge >= 0.3 is 0 Å². The van der Waals surface area contributed by atoms with Crippen molar-refractivity contribution in [1.82, 2.24) is 10.2 Å². The zero-order valence-electron chi connectivity index (χ0n) is 17.1. The van der Waals surface area contributed by atoms with E-state index in [2.05, 4.69) is 44.3 Å². The Kier molecular flexibility index (Phi) is 6.18. The number of hydrogen-bond acceptors (Lipinski definition) is 2. The molecule has 1 unspecified atom stereocenters. The zero-order chi connectivity index (χ0) is 20.1. The number of benzene rings is 2. The smallest absolute Gasteiger partial charge is 0.247 e. The molecule has 1 atom stereocenters. The molecule has 0 aromatic heterocycles. The molecule has 4 nitrogen and oxygen atoms in total. The van der Waals surface area contributed by atoms with Crippen LogP contribution in [0.25, 0.3) is 0 Å². The summed E-state index contributed by atoms with van der Waals surface area (Å²) in [5.74, 6) is -0.0459. The van der Waals surface area contributed by atoms with Crippen molar-refractivity contribution in [3.63, 3.8) is 0 Å². The molecule has 2 aromatic rings. The molecule has 28 heavy (non-hydrogen) atoms. The van der Waals surface area contributed by atoms with Crippen LogP contribution in [-0.2, 0) is 15.0 Å². The van der Waals surface area contributed by atoms with Gasteiger partial charge in [-0.15, -0.1) is 0 Å². The lowest BCUT2D eigenvalue weighted by molar-refractivity contribution is -0.142. The van der Waals surface area contributed by atoms with Crippen LogP contribution in [0, 0.1) is 6.92 Å². The van der Waals surface area contributed by atoms with Gasteiger partial charge in [-0.25, -0.2) is 0 Å². The number of likely N-dealkylation sites (tertiary alicyclic amines) is 1. The Balaban J connectivity index is 1.79. The van der Waals surface area contributed by atoms with Crippen LogP contribution < -0.4 is 5.32 Å². The Hall–Kier alpha value is -2.62. The first-order chi connectivity index (χ1) is 13.4. The maximum atomic E-state index is 13.2. The van der Waals surface area contributed by atoms with E-state index < -0.39 is 6.04 Å². The second-order valence-corrected chi connectivity index (χ2v) is 8.33. The highest BCUT2D eigenvalue weighted by atomic mass is 16.2. The van der Waals surface area contributed by atoms with Crippen molar-refractivity contribution in [2.75, 3.05) is 13.1 Å². The van der Waals surface area contributed by atoms with Crippen LogP contribution in [0.2, 0.25) is 0 Å². The van der Waals surface area contributed by atoms with Gasteiger partial charge in [0, 0.05) is 24.9 Å². The molecule has 0 radical (unpaired) electrons. The predicted molar refractivity (Wildman–Crippen MR) is 112 cm³/mol. The number of aryl methyl sites for hydroxylation is 1. The topological polar surface area (TPSA) is 49.4 Å². The van der Waals surface area contributed by atoms with Crippen molar-refractivity contribution in [2.45, 2.75) is 51.5 Å². The van der Waals surface area contributed by atoms with Crippen LogP contribution in [0.4, 0.5) is 0 Å². The summed E-state index contributed by atoms with van der Waals surface area (Å²) in [5.41, 5.74) is 3.06. The van der Waals surface area contributed by atoms with Gasteiger partial charge in [-0.1, -0.05) is 74.0 Å². The van der Waals surface area contributed by atoms with Crippen molar-refractivity contribution in [3.8, 4) is 0 Å². The molecular formula is C24H30N2O2. The van der Waals surface area contributed by atoms with Gasteiger partial charge in [0.25, 0.3) is 0 Å². The number of amides is 2. The van der Waals surface area contributed by atoms with E-state index in [1.807, 2.05) is 36.4 Å². The fourth-order valence-electron chi connectivity index (χ4n) is 3.78. The number of hydrogen-bond donors (Lipinski definition) is 1. The third kappa shape index (κ3) is 4.61. The molecule has 148 valence electrons. The van der Waals surface area contributed by atoms with Crippen molar-refractivity contribution in [1.29, 1.82) is 0 Å². The van der Waals surface area contributed by atoms with Crippen molar-refractivity contribution in [2.24, 2.45) is 0 Å². The summed E-state index contributed by atoms with van der Waals surface area (Å²) in [6.07, 6.45) is 2.36. The summed E-state index contributed by atoms with van der Waals surface area (Å²) in [4.78, 5) is 27.5. The minimum Gasteiger partial charge on any atom is -0.353 e. The molecule has 1 aliphatic rings. The molecule has 1 aliphatic heterocycles. The fraction of sp³-hybridized carbons (Fsp3) is 0.417. The van der Waals surface area contributed by atoms with Crippen LogP contribution in [0.3, 0.4) is 0 Å². The second kappa shape index (κ2) is 8.59. The number of nitrogens with one attached hydrogen (secondary N) is 1. The predicted octanol–water partition coefficient (Wildman–Crippen LogP) is 4.14. The van der Waals surface area contributed by atoms with Crippen LogP contribution in [0.15, 0.2) is 54.6 Å². The molecule has 0 saturated carbocycles. The lowest BCUT2D eigenvalue weighted by atomic mass is 9.83. The SMILES string of the molecule is Cc1cccc(C(C)(C)CNC(=O)C(c2ccccc2)N2CCCCC2=O)c1. The third-order valence-corrected chi connectivity index (χ3v) is 5.54. The van der Waals surface area contributed by atoms with E-state index in [-0.39, 0.29) is 17.2 Å². The highest BCUT2D eigenvalue weighted by Gasteiger charge is 2.33. The molecule has 0 aliphatic carbocycles. The van der Waals surface area contributed by atoms with Gasteiger partial charge < -0.3 is 10.2 Å². The average molecular weight is 379 g/mol. The molecule has 1 heterocycles. The Morgan fingerprint density at radius 2 is 1.86 bits per heavy atom. The van der Waals surface area contributed by atoms with E-state index in [0.717, 1.165) is 18.4 Å². The molecule has 3 rings (SSSR count). The first-order valence-electron chi connectivity index (χ1n) is 10.1. The standard InChI is InChI=1S/C24H30N2O2/c1-18-10-9-13-20(16-18)24(2,3)17-25-23(28)22(19-11-5-4-6-12-19)26-15-8-7-14-21(26)27/h4-6,9-13,16,22H,7-8,14-15,17H2,1-3H3,(H,25,28). The molecule has 4 heteroatoms. The van der Waals surface area contributed by atoms with E-state index in [1.165, 1.54) is 11.1 Å². The molecule has 2 amide bonds. The van der Waals surface area contributed by atoms with Crippen LogP contribution in [0.1, 0.15) is 55.8 Å². The molecule has 1 N–H and O–H groups in total. The van der Waals surface area contributed by atoms with E-state index in [1.54, 1.807) is 4.90 Å². The number of piperidine rings is 1. The minimum atomic E-state index is -0.567. The van der Waals surface area contributed by atoms with Gasteiger partial charge in [-0.05, 0) is 30.9 Å². The van der Waals surface area contributed by atoms with E-state index in [9.17, 15) is 9.59 Å². The third-order valence-electron chi connectivity index (χ3n) is 5.54. The van der Waals surface area contributed by atoms with Gasteiger partial charge in [-0.3, -0.25) is 9.59 Å². The maximum Gasteiger partial charge on any atom is 0.247 e. The van der Waals surface area contributed by atoms with E-state index in [4.69, 9.17) is 0 Å². The number of rotatable bonds is 6. The number of nitrogens with zero attached hydrogens (tertiary/aromatic N) is 1. The molecule has 0 bridgehead atoms. The van der Waals surface area contributed by atoms with Crippen LogP contribution in [-0.4, -0.2) is 29.8 Å². The number of carbonyl (C=O) groups excluding carboxylic acids is 2. The molecular weight excluding hydrogens is 348 g/mol. The molecule has 1 fully saturated rings. The van der Waals surface area contributed by atoms with Crippen molar-refractivity contribution in [3.05, 3.63) is 71.3 Å². The Morgan fingerprint density at radius 3 is 2.54 bits per heavy atom. The minimum absolute atomic E-state index is 0.0631. The highest BCUT2D eigenvalue weighted by molar-refractivity contribution is 5.89. The summed E-state index contributed by atoms with van der Waals surface area (Å²) in [6.45, 7) is 7.48. The van der Waals surface area contributed by atoms with Gasteiger partial charge in [0.15, 0.2) is 0 Å². The van der Waals surface area contributed by atoms with Gasteiger partial charge in [0.1, 0.15) is 6.04 Å². The van der Waals surface area contributed by atoms with E-state index >= 15 is 0 Å². The first-order valence-corrected chi connectivity index (χ1v) is 10.1. The summed E-state index contributed by atoms with van der Waals surface area (Å²) in [5, 5.41) is 3.12. The summed E-state index contributed by atoms with van der Waals surface area (Å²) >= 11 is 0. The Morgan fingerprint density at radius 1 is 1.11 bits per heavy atom. The van der Waals surface area contributed by atoms with Crippen LogP contribution >= 0.6 is 0 Å². The van der Waals surface area contributed by atoms with Crippen LogP contribution in [0.5, 0.6) is 0 Å². The molecule has 0 spiro atoms. The zero-order valence-corrected chi connectivity index (χ0v) is 17.1. The Labute approximate surface area is 167 Å². The largest absolute Gasteiger partial charge is 0.353 e. The van der Waals surface area contributed by atoms with Gasteiger partial charge in [-0.2, -0.15) is 0 Å². The van der Waals surface area contributed by atoms with Crippen molar-refractivity contribution < 1.29 is 9.59 Å². The normalized spacial score (nSPS) is 16.0. The lowest BCUT2D eigenvalue weighted by Crippen LogP contribution is -2.47. The quantitative estimate of drug-likeness (QED) is 0.821. The molecule has 1 saturated heterocycles.